The Labute approximate surface area is 163 Å². The van der Waals surface area contributed by atoms with Crippen LogP contribution in [0.15, 0.2) is 54.6 Å². The maximum atomic E-state index is 12.1. The predicted octanol–water partition coefficient (Wildman–Crippen LogP) is 4.25. The van der Waals surface area contributed by atoms with Crippen LogP contribution in [-0.2, 0) is 11.2 Å². The highest BCUT2D eigenvalue weighted by Crippen LogP contribution is 2.13. The van der Waals surface area contributed by atoms with Gasteiger partial charge in [0.05, 0.1) is 12.2 Å². The summed E-state index contributed by atoms with van der Waals surface area (Å²) in [4.78, 5) is 16.6. The average Bonchev–Trinajstić information content (AvgIpc) is 2.70. The first kappa shape index (κ1) is 21.0. The molecule has 0 aliphatic heterocycles. The standard InChI is InChI=1S/C23H32N2O2/c1-4-25(18-16-20-10-6-5-7-11-20)17-8-9-19-27-23(26)21-12-14-22(15-13-21)24(2)3/h5-7,10-15H,4,8-9,16-19H2,1-3H3. The largest absolute Gasteiger partial charge is 0.462 e. The number of nitrogens with zero attached hydrogens (tertiary/aromatic N) is 2. The van der Waals surface area contributed by atoms with Gasteiger partial charge in [0.15, 0.2) is 0 Å². The van der Waals surface area contributed by atoms with E-state index in [1.807, 2.05) is 43.3 Å². The fourth-order valence-corrected chi connectivity index (χ4v) is 2.94. The number of carbonyl (C=O) groups is 1. The number of rotatable bonds is 11. The Kier molecular flexibility index (Phi) is 8.85. The normalized spacial score (nSPS) is 10.8. The van der Waals surface area contributed by atoms with Crippen LogP contribution in [0.1, 0.15) is 35.7 Å². The molecule has 2 aromatic carbocycles. The zero-order valence-corrected chi connectivity index (χ0v) is 16.9. The molecule has 0 fully saturated rings. The third-order valence-electron chi connectivity index (χ3n) is 4.73. The molecule has 0 unspecified atom stereocenters. The van der Waals surface area contributed by atoms with Crippen molar-refractivity contribution in [2.45, 2.75) is 26.2 Å². The number of hydrogen-bond donors (Lipinski definition) is 0. The van der Waals surface area contributed by atoms with E-state index in [9.17, 15) is 4.79 Å². The summed E-state index contributed by atoms with van der Waals surface area (Å²) in [5, 5.41) is 0. The average molecular weight is 369 g/mol. The third kappa shape index (κ3) is 7.43. The molecule has 0 amide bonds. The molecule has 27 heavy (non-hydrogen) atoms. The van der Waals surface area contributed by atoms with Gasteiger partial charge < -0.3 is 14.5 Å². The second-order valence-electron chi connectivity index (χ2n) is 6.95. The molecule has 146 valence electrons. The first-order valence-electron chi connectivity index (χ1n) is 9.81. The number of anilines is 1. The van der Waals surface area contributed by atoms with Gasteiger partial charge in [-0.25, -0.2) is 4.79 Å². The summed E-state index contributed by atoms with van der Waals surface area (Å²) in [6.07, 6.45) is 3.01. The van der Waals surface area contributed by atoms with Crippen LogP contribution < -0.4 is 4.90 Å². The lowest BCUT2D eigenvalue weighted by atomic mass is 10.1. The highest BCUT2D eigenvalue weighted by atomic mass is 16.5. The molecular formula is C23H32N2O2. The van der Waals surface area contributed by atoms with Crippen LogP contribution in [0.4, 0.5) is 5.69 Å². The fraction of sp³-hybridized carbons (Fsp3) is 0.435. The van der Waals surface area contributed by atoms with Crippen molar-refractivity contribution in [2.24, 2.45) is 0 Å². The van der Waals surface area contributed by atoms with Gasteiger partial charge in [-0.05, 0) is 62.2 Å². The molecule has 0 aliphatic rings. The molecular weight excluding hydrogens is 336 g/mol. The van der Waals surface area contributed by atoms with Crippen LogP contribution in [0.2, 0.25) is 0 Å². The molecule has 2 rings (SSSR count). The molecule has 0 saturated carbocycles. The molecule has 2 aromatic rings. The molecule has 0 spiro atoms. The van der Waals surface area contributed by atoms with Gasteiger partial charge in [-0.3, -0.25) is 0 Å². The topological polar surface area (TPSA) is 32.8 Å². The zero-order chi connectivity index (χ0) is 19.5. The van der Waals surface area contributed by atoms with Crippen molar-refractivity contribution in [3.05, 3.63) is 65.7 Å². The van der Waals surface area contributed by atoms with Crippen molar-refractivity contribution in [2.75, 3.05) is 45.2 Å². The Morgan fingerprint density at radius 3 is 2.26 bits per heavy atom. The highest BCUT2D eigenvalue weighted by molar-refractivity contribution is 5.89. The first-order chi connectivity index (χ1) is 13.1. The van der Waals surface area contributed by atoms with Crippen LogP contribution in [0, 0.1) is 0 Å². The highest BCUT2D eigenvalue weighted by Gasteiger charge is 2.08. The molecule has 4 nitrogen and oxygen atoms in total. The lowest BCUT2D eigenvalue weighted by Crippen LogP contribution is -2.27. The van der Waals surface area contributed by atoms with Gasteiger partial charge in [0.2, 0.25) is 0 Å². The summed E-state index contributed by atoms with van der Waals surface area (Å²) in [6, 6.07) is 18.1. The fourth-order valence-electron chi connectivity index (χ4n) is 2.94. The minimum atomic E-state index is -0.239. The van der Waals surface area contributed by atoms with E-state index in [0.29, 0.717) is 12.2 Å². The maximum Gasteiger partial charge on any atom is 0.338 e. The number of hydrogen-bond acceptors (Lipinski definition) is 4. The van der Waals surface area contributed by atoms with Gasteiger partial charge in [0.1, 0.15) is 0 Å². The van der Waals surface area contributed by atoms with Crippen LogP contribution in [0.3, 0.4) is 0 Å². The van der Waals surface area contributed by atoms with Gasteiger partial charge in [0, 0.05) is 26.3 Å². The summed E-state index contributed by atoms with van der Waals surface area (Å²) >= 11 is 0. The van der Waals surface area contributed by atoms with Crippen LogP contribution in [0.25, 0.3) is 0 Å². The lowest BCUT2D eigenvalue weighted by molar-refractivity contribution is 0.0495. The van der Waals surface area contributed by atoms with E-state index in [4.69, 9.17) is 4.74 Å². The van der Waals surface area contributed by atoms with E-state index in [-0.39, 0.29) is 5.97 Å². The number of unbranched alkanes of at least 4 members (excludes halogenated alkanes) is 1. The van der Waals surface area contributed by atoms with Crippen LogP contribution in [-0.4, -0.2) is 51.2 Å². The molecule has 0 saturated heterocycles. The number of likely N-dealkylation sites (N-methyl/N-ethyl adjacent to an activating group) is 1. The summed E-state index contributed by atoms with van der Waals surface area (Å²) < 4.78 is 5.40. The van der Waals surface area contributed by atoms with Crippen molar-refractivity contribution in [1.29, 1.82) is 0 Å². The minimum Gasteiger partial charge on any atom is -0.462 e. The molecule has 0 aromatic heterocycles. The minimum absolute atomic E-state index is 0.239. The van der Waals surface area contributed by atoms with Crippen molar-refractivity contribution >= 4 is 11.7 Å². The molecule has 0 atom stereocenters. The number of esters is 1. The van der Waals surface area contributed by atoms with E-state index < -0.39 is 0 Å². The van der Waals surface area contributed by atoms with E-state index in [1.165, 1.54) is 5.56 Å². The van der Waals surface area contributed by atoms with Crippen molar-refractivity contribution in [3.8, 4) is 0 Å². The number of carbonyl (C=O) groups excluding carboxylic acids is 1. The third-order valence-corrected chi connectivity index (χ3v) is 4.73. The Morgan fingerprint density at radius 1 is 0.926 bits per heavy atom. The Balaban J connectivity index is 1.63. The van der Waals surface area contributed by atoms with Crippen molar-refractivity contribution in [3.63, 3.8) is 0 Å². The van der Waals surface area contributed by atoms with E-state index in [2.05, 4.69) is 42.2 Å². The SMILES string of the molecule is CCN(CCCCOC(=O)c1ccc(N(C)C)cc1)CCc1ccccc1. The Morgan fingerprint density at radius 2 is 1.63 bits per heavy atom. The summed E-state index contributed by atoms with van der Waals surface area (Å²) in [5.41, 5.74) is 3.06. The van der Waals surface area contributed by atoms with Gasteiger partial charge in [-0.15, -0.1) is 0 Å². The van der Waals surface area contributed by atoms with Crippen LogP contribution in [0.5, 0.6) is 0 Å². The van der Waals surface area contributed by atoms with Gasteiger partial charge >= 0.3 is 5.97 Å². The summed E-state index contributed by atoms with van der Waals surface area (Å²) in [5.74, 6) is -0.239. The van der Waals surface area contributed by atoms with Gasteiger partial charge in [-0.2, -0.15) is 0 Å². The quantitative estimate of drug-likeness (QED) is 0.438. The Bertz CT molecular complexity index is 669. The van der Waals surface area contributed by atoms with Crippen molar-refractivity contribution < 1.29 is 9.53 Å². The zero-order valence-electron chi connectivity index (χ0n) is 16.9. The van der Waals surface area contributed by atoms with Crippen LogP contribution >= 0.6 is 0 Å². The van der Waals surface area contributed by atoms with E-state index >= 15 is 0 Å². The molecule has 0 bridgehead atoms. The number of benzene rings is 2. The van der Waals surface area contributed by atoms with E-state index in [0.717, 1.165) is 44.6 Å². The smallest absolute Gasteiger partial charge is 0.338 e. The second kappa shape index (κ2) is 11.4. The van der Waals surface area contributed by atoms with E-state index in [1.54, 1.807) is 0 Å². The molecule has 0 radical (unpaired) electrons. The van der Waals surface area contributed by atoms with Gasteiger partial charge in [0.25, 0.3) is 0 Å². The first-order valence-corrected chi connectivity index (χ1v) is 9.81. The number of ether oxygens (including phenoxy) is 1. The Hall–Kier alpha value is -2.33. The molecule has 0 aliphatic carbocycles. The summed E-state index contributed by atoms with van der Waals surface area (Å²) in [6.45, 7) is 5.83. The molecule has 0 heterocycles. The van der Waals surface area contributed by atoms with Gasteiger partial charge in [-0.1, -0.05) is 37.3 Å². The maximum absolute atomic E-state index is 12.1. The molecule has 4 heteroatoms. The van der Waals surface area contributed by atoms with Crippen molar-refractivity contribution in [1.82, 2.24) is 4.90 Å². The molecule has 0 N–H and O–H groups in total. The monoisotopic (exact) mass is 368 g/mol. The predicted molar refractivity (Wildman–Crippen MR) is 113 cm³/mol. The lowest BCUT2D eigenvalue weighted by Gasteiger charge is -2.20. The second-order valence-corrected chi connectivity index (χ2v) is 6.95. The summed E-state index contributed by atoms with van der Waals surface area (Å²) in [7, 11) is 3.96.